The Hall–Kier alpha value is -0.980. The Morgan fingerprint density at radius 1 is 1.35 bits per heavy atom. The summed E-state index contributed by atoms with van der Waals surface area (Å²) in [6, 6.07) is 3.20. The van der Waals surface area contributed by atoms with Crippen LogP contribution in [-0.2, 0) is 16.6 Å². The van der Waals surface area contributed by atoms with E-state index in [4.69, 9.17) is 5.73 Å². The number of rotatable bonds is 6. The van der Waals surface area contributed by atoms with Gasteiger partial charge in [-0.3, -0.25) is 4.98 Å². The third-order valence-corrected chi connectivity index (χ3v) is 4.43. The van der Waals surface area contributed by atoms with E-state index in [-0.39, 0.29) is 4.90 Å². The van der Waals surface area contributed by atoms with Crippen molar-refractivity contribution in [3.05, 3.63) is 24.0 Å². The van der Waals surface area contributed by atoms with Crippen LogP contribution in [0.2, 0.25) is 0 Å². The molecule has 17 heavy (non-hydrogen) atoms. The fourth-order valence-corrected chi connectivity index (χ4v) is 3.02. The molecule has 1 rings (SSSR count). The van der Waals surface area contributed by atoms with Crippen LogP contribution in [0.15, 0.2) is 23.2 Å². The number of hydrogen-bond donors (Lipinski definition) is 1. The molecule has 0 aliphatic heterocycles. The van der Waals surface area contributed by atoms with Gasteiger partial charge >= 0.3 is 0 Å². The van der Waals surface area contributed by atoms with E-state index >= 15 is 0 Å². The van der Waals surface area contributed by atoms with E-state index in [0.29, 0.717) is 25.3 Å². The molecular weight excluding hydrogens is 238 g/mol. The standard InChI is InChI=1S/C11H19N3O2S/c1-3-7-14(4-2)17(15,16)11-6-5-10(8-12)13-9-11/h5-6,9H,3-4,7-8,12H2,1-2H3. The highest BCUT2D eigenvalue weighted by Crippen LogP contribution is 2.14. The van der Waals surface area contributed by atoms with Gasteiger partial charge in [0.05, 0.1) is 5.69 Å². The Morgan fingerprint density at radius 2 is 2.06 bits per heavy atom. The molecule has 5 nitrogen and oxygen atoms in total. The monoisotopic (exact) mass is 257 g/mol. The Labute approximate surface area is 103 Å². The summed E-state index contributed by atoms with van der Waals surface area (Å²) in [5, 5.41) is 0. The maximum Gasteiger partial charge on any atom is 0.244 e. The minimum absolute atomic E-state index is 0.227. The lowest BCUT2D eigenvalue weighted by atomic mass is 10.4. The van der Waals surface area contributed by atoms with Crippen molar-refractivity contribution in [3.63, 3.8) is 0 Å². The summed E-state index contributed by atoms with van der Waals surface area (Å²) >= 11 is 0. The molecule has 96 valence electrons. The van der Waals surface area contributed by atoms with Crippen molar-refractivity contribution in [2.45, 2.75) is 31.7 Å². The van der Waals surface area contributed by atoms with Crippen LogP contribution < -0.4 is 5.73 Å². The third-order valence-electron chi connectivity index (χ3n) is 2.47. The first kappa shape index (κ1) is 14.1. The second-order valence-electron chi connectivity index (χ2n) is 3.69. The van der Waals surface area contributed by atoms with Gasteiger partial charge in [0.1, 0.15) is 4.90 Å². The average Bonchev–Trinajstić information content (AvgIpc) is 2.35. The van der Waals surface area contributed by atoms with E-state index in [2.05, 4.69) is 4.98 Å². The molecule has 0 aliphatic rings. The fraction of sp³-hybridized carbons (Fsp3) is 0.545. The van der Waals surface area contributed by atoms with E-state index in [1.54, 1.807) is 12.1 Å². The largest absolute Gasteiger partial charge is 0.325 e. The van der Waals surface area contributed by atoms with Crippen LogP contribution >= 0.6 is 0 Å². The lowest BCUT2D eigenvalue weighted by molar-refractivity contribution is 0.427. The molecule has 1 aromatic heterocycles. The predicted octanol–water partition coefficient (Wildman–Crippen LogP) is 0.961. The fourth-order valence-electron chi connectivity index (χ4n) is 1.53. The van der Waals surface area contributed by atoms with Gasteiger partial charge in [0, 0.05) is 25.8 Å². The van der Waals surface area contributed by atoms with Crippen LogP contribution in [0.1, 0.15) is 26.0 Å². The molecule has 0 aromatic carbocycles. The third kappa shape index (κ3) is 3.24. The molecule has 0 radical (unpaired) electrons. The topological polar surface area (TPSA) is 76.3 Å². The van der Waals surface area contributed by atoms with Crippen LogP contribution in [0.25, 0.3) is 0 Å². The van der Waals surface area contributed by atoms with E-state index in [9.17, 15) is 8.42 Å². The Bertz CT molecular complexity index is 442. The summed E-state index contributed by atoms with van der Waals surface area (Å²) in [4.78, 5) is 4.24. The molecule has 0 aliphatic carbocycles. The van der Waals surface area contributed by atoms with Gasteiger partial charge in [-0.2, -0.15) is 4.31 Å². The summed E-state index contributed by atoms with van der Waals surface area (Å²) < 4.78 is 25.9. The highest BCUT2D eigenvalue weighted by Gasteiger charge is 2.22. The van der Waals surface area contributed by atoms with Crippen molar-refractivity contribution in [3.8, 4) is 0 Å². The first-order chi connectivity index (χ1) is 8.06. The van der Waals surface area contributed by atoms with Crippen LogP contribution in [-0.4, -0.2) is 30.8 Å². The SMILES string of the molecule is CCCN(CC)S(=O)(=O)c1ccc(CN)nc1. The number of pyridine rings is 1. The molecule has 0 saturated heterocycles. The van der Waals surface area contributed by atoms with Crippen molar-refractivity contribution >= 4 is 10.0 Å². The maximum absolute atomic E-state index is 12.2. The molecule has 0 unspecified atom stereocenters. The molecule has 6 heteroatoms. The molecule has 1 aromatic rings. The molecule has 1 heterocycles. The van der Waals surface area contributed by atoms with Crippen LogP contribution in [0.4, 0.5) is 0 Å². The molecule has 0 bridgehead atoms. The van der Waals surface area contributed by atoms with E-state index in [0.717, 1.165) is 6.42 Å². The zero-order chi connectivity index (χ0) is 12.9. The van der Waals surface area contributed by atoms with Crippen molar-refractivity contribution < 1.29 is 8.42 Å². The number of sulfonamides is 1. The van der Waals surface area contributed by atoms with Crippen LogP contribution in [0, 0.1) is 0 Å². The number of nitrogens with zero attached hydrogens (tertiary/aromatic N) is 2. The van der Waals surface area contributed by atoms with Crippen LogP contribution in [0.5, 0.6) is 0 Å². The minimum atomic E-state index is -3.41. The van der Waals surface area contributed by atoms with Gasteiger partial charge in [-0.1, -0.05) is 13.8 Å². The second kappa shape index (κ2) is 6.09. The zero-order valence-corrected chi connectivity index (χ0v) is 11.1. The molecule has 0 saturated carbocycles. The maximum atomic E-state index is 12.2. The second-order valence-corrected chi connectivity index (χ2v) is 5.62. The molecule has 2 N–H and O–H groups in total. The van der Waals surface area contributed by atoms with Crippen LogP contribution in [0.3, 0.4) is 0 Å². The summed E-state index contributed by atoms with van der Waals surface area (Å²) in [5.41, 5.74) is 6.10. The van der Waals surface area contributed by atoms with Crippen molar-refractivity contribution in [2.75, 3.05) is 13.1 Å². The summed E-state index contributed by atoms with van der Waals surface area (Å²) in [7, 11) is -3.41. The lowest BCUT2D eigenvalue weighted by Gasteiger charge is -2.19. The Kier molecular flexibility index (Phi) is 5.04. The zero-order valence-electron chi connectivity index (χ0n) is 10.3. The van der Waals surface area contributed by atoms with Gasteiger partial charge in [0.2, 0.25) is 10.0 Å². The Morgan fingerprint density at radius 3 is 2.47 bits per heavy atom. The van der Waals surface area contributed by atoms with Crippen molar-refractivity contribution in [1.82, 2.24) is 9.29 Å². The summed E-state index contributed by atoms with van der Waals surface area (Å²) in [6.45, 7) is 5.09. The number of nitrogens with two attached hydrogens (primary N) is 1. The van der Waals surface area contributed by atoms with Gasteiger partial charge in [0.25, 0.3) is 0 Å². The number of aromatic nitrogens is 1. The number of hydrogen-bond acceptors (Lipinski definition) is 4. The van der Waals surface area contributed by atoms with Gasteiger partial charge in [-0.15, -0.1) is 0 Å². The highest BCUT2D eigenvalue weighted by atomic mass is 32.2. The summed E-state index contributed by atoms with van der Waals surface area (Å²) in [5.74, 6) is 0. The molecule has 0 fully saturated rings. The first-order valence-corrected chi connectivity index (χ1v) is 7.15. The van der Waals surface area contributed by atoms with Gasteiger partial charge in [0.15, 0.2) is 0 Å². The lowest BCUT2D eigenvalue weighted by Crippen LogP contribution is -2.31. The molecule has 0 atom stereocenters. The van der Waals surface area contributed by atoms with Crippen molar-refractivity contribution in [2.24, 2.45) is 5.73 Å². The highest BCUT2D eigenvalue weighted by molar-refractivity contribution is 7.89. The van der Waals surface area contributed by atoms with Crippen molar-refractivity contribution in [1.29, 1.82) is 0 Å². The predicted molar refractivity (Wildman–Crippen MR) is 66.9 cm³/mol. The molecular formula is C11H19N3O2S. The minimum Gasteiger partial charge on any atom is -0.325 e. The normalized spacial score (nSPS) is 12.0. The molecule has 0 spiro atoms. The summed E-state index contributed by atoms with van der Waals surface area (Å²) in [6.07, 6.45) is 2.16. The average molecular weight is 257 g/mol. The smallest absolute Gasteiger partial charge is 0.244 e. The quantitative estimate of drug-likeness (QED) is 0.823. The van der Waals surface area contributed by atoms with Gasteiger partial charge in [-0.05, 0) is 18.6 Å². The van der Waals surface area contributed by atoms with E-state index in [1.165, 1.54) is 10.5 Å². The van der Waals surface area contributed by atoms with E-state index in [1.807, 2.05) is 13.8 Å². The van der Waals surface area contributed by atoms with E-state index < -0.39 is 10.0 Å². The van der Waals surface area contributed by atoms with Gasteiger partial charge in [-0.25, -0.2) is 8.42 Å². The van der Waals surface area contributed by atoms with Gasteiger partial charge < -0.3 is 5.73 Å². The first-order valence-electron chi connectivity index (χ1n) is 5.71. The molecule has 0 amide bonds. The Balaban J connectivity index is 3.02.